The second-order valence-electron chi connectivity index (χ2n) is 10.7. The summed E-state index contributed by atoms with van der Waals surface area (Å²) >= 11 is 0. The first-order valence-electron chi connectivity index (χ1n) is 11.4. The Bertz CT molecular complexity index is 1300. The molecule has 0 aromatic heterocycles. The van der Waals surface area contributed by atoms with Crippen LogP contribution in [0.3, 0.4) is 0 Å². The van der Waals surface area contributed by atoms with Crippen molar-refractivity contribution in [2.45, 2.75) is 75.7 Å². The van der Waals surface area contributed by atoms with E-state index in [0.29, 0.717) is 4.90 Å². The van der Waals surface area contributed by atoms with Crippen LogP contribution in [-0.2, 0) is 26.3 Å². The zero-order chi connectivity index (χ0) is 23.5. The lowest BCUT2D eigenvalue weighted by molar-refractivity contribution is 0.102. The molecule has 0 aliphatic heterocycles. The molecule has 1 aliphatic rings. The molecule has 3 aromatic carbocycles. The molecule has 1 aliphatic carbocycles. The van der Waals surface area contributed by atoms with Crippen molar-refractivity contribution in [1.29, 1.82) is 0 Å². The summed E-state index contributed by atoms with van der Waals surface area (Å²) in [5.74, 6) is 0.0801. The Kier molecular flexibility index (Phi) is 5.34. The van der Waals surface area contributed by atoms with Crippen molar-refractivity contribution in [3.63, 3.8) is 0 Å². The lowest BCUT2D eigenvalue weighted by Crippen LogP contribution is -2.34. The summed E-state index contributed by atoms with van der Waals surface area (Å²) < 4.78 is 24.5. The molecule has 0 saturated carbocycles. The summed E-state index contributed by atoms with van der Waals surface area (Å²) in [6.45, 7) is 12.7. The van der Waals surface area contributed by atoms with Gasteiger partial charge >= 0.3 is 0 Å². The summed E-state index contributed by atoms with van der Waals surface area (Å²) in [4.78, 5) is 0.339. The molecular formula is C28H34O3S. The number of benzene rings is 3. The molecule has 0 spiro atoms. The van der Waals surface area contributed by atoms with Gasteiger partial charge in [0.15, 0.2) is 9.84 Å². The van der Waals surface area contributed by atoms with Gasteiger partial charge in [0.05, 0.1) is 10.6 Å². The van der Waals surface area contributed by atoms with E-state index in [2.05, 4.69) is 45.9 Å². The molecule has 0 amide bonds. The van der Waals surface area contributed by atoms with Crippen molar-refractivity contribution in [1.82, 2.24) is 0 Å². The molecule has 170 valence electrons. The van der Waals surface area contributed by atoms with E-state index < -0.39 is 15.4 Å². The van der Waals surface area contributed by atoms with E-state index in [-0.39, 0.29) is 16.6 Å². The first-order valence-corrected chi connectivity index (χ1v) is 13.1. The van der Waals surface area contributed by atoms with Crippen molar-refractivity contribution in [3.05, 3.63) is 76.9 Å². The van der Waals surface area contributed by atoms with Gasteiger partial charge in [0, 0.05) is 0 Å². The second kappa shape index (κ2) is 7.43. The fourth-order valence-electron chi connectivity index (χ4n) is 4.94. The van der Waals surface area contributed by atoms with Crippen LogP contribution in [0.5, 0.6) is 0 Å². The van der Waals surface area contributed by atoms with Gasteiger partial charge in [-0.3, -0.25) is 0 Å². The maximum Gasteiger partial charge on any atom is 0.178 e. The summed E-state index contributed by atoms with van der Waals surface area (Å²) in [5, 5.41) is 13.4. The highest BCUT2D eigenvalue weighted by Gasteiger charge is 2.38. The highest BCUT2D eigenvalue weighted by Crippen LogP contribution is 2.47. The van der Waals surface area contributed by atoms with Crippen LogP contribution in [0.2, 0.25) is 0 Å². The molecule has 1 unspecified atom stereocenters. The first kappa shape index (κ1) is 23.0. The minimum atomic E-state index is -3.25. The van der Waals surface area contributed by atoms with E-state index in [1.54, 1.807) is 19.1 Å². The largest absolute Gasteiger partial charge is 0.381 e. The van der Waals surface area contributed by atoms with Crippen LogP contribution in [0.1, 0.15) is 76.6 Å². The van der Waals surface area contributed by atoms with E-state index >= 15 is 0 Å². The zero-order valence-electron chi connectivity index (χ0n) is 20.0. The van der Waals surface area contributed by atoms with Gasteiger partial charge in [-0.25, -0.2) is 8.42 Å². The Morgan fingerprint density at radius 3 is 2.00 bits per heavy atom. The van der Waals surface area contributed by atoms with Crippen molar-refractivity contribution in [2.75, 3.05) is 5.75 Å². The second-order valence-corrected chi connectivity index (χ2v) is 13.0. The minimum Gasteiger partial charge on any atom is -0.381 e. The first-order chi connectivity index (χ1) is 14.8. The Labute approximate surface area is 192 Å². The number of sulfone groups is 1. The molecule has 4 heteroatoms. The molecule has 4 rings (SSSR count). The predicted molar refractivity (Wildman–Crippen MR) is 132 cm³/mol. The third-order valence-electron chi connectivity index (χ3n) is 7.53. The number of hydrogen-bond acceptors (Lipinski definition) is 3. The molecule has 1 atom stereocenters. The van der Waals surface area contributed by atoms with Gasteiger partial charge in [0.25, 0.3) is 0 Å². The van der Waals surface area contributed by atoms with Crippen LogP contribution < -0.4 is 0 Å². The molecule has 1 N–H and O–H groups in total. The topological polar surface area (TPSA) is 54.4 Å². The van der Waals surface area contributed by atoms with Gasteiger partial charge in [-0.05, 0) is 81.8 Å². The van der Waals surface area contributed by atoms with Gasteiger partial charge in [0.1, 0.15) is 5.60 Å². The number of rotatable bonds is 4. The van der Waals surface area contributed by atoms with Gasteiger partial charge in [-0.15, -0.1) is 0 Å². The maximum absolute atomic E-state index is 12.2. The molecule has 0 saturated heterocycles. The van der Waals surface area contributed by atoms with E-state index in [1.165, 1.54) is 11.1 Å². The van der Waals surface area contributed by atoms with Crippen LogP contribution in [0.25, 0.3) is 10.8 Å². The Morgan fingerprint density at radius 1 is 0.812 bits per heavy atom. The highest BCUT2D eigenvalue weighted by molar-refractivity contribution is 7.91. The molecule has 3 nitrogen and oxygen atoms in total. The van der Waals surface area contributed by atoms with Crippen LogP contribution in [0.4, 0.5) is 0 Å². The fourth-order valence-corrected chi connectivity index (χ4v) is 5.86. The van der Waals surface area contributed by atoms with Crippen molar-refractivity contribution >= 4 is 20.6 Å². The lowest BCUT2D eigenvalue weighted by Gasteiger charge is -2.42. The van der Waals surface area contributed by atoms with Gasteiger partial charge < -0.3 is 5.11 Å². The fraction of sp³-hybridized carbons (Fsp3) is 0.429. The summed E-state index contributed by atoms with van der Waals surface area (Å²) in [6, 6.07) is 17.4. The van der Waals surface area contributed by atoms with Crippen molar-refractivity contribution in [2.24, 2.45) is 0 Å². The van der Waals surface area contributed by atoms with Crippen LogP contribution in [0, 0.1) is 0 Å². The number of fused-ring (bicyclic) bond motifs is 2. The minimum absolute atomic E-state index is 0.0709. The molecule has 0 bridgehead atoms. The third-order valence-corrected chi connectivity index (χ3v) is 9.26. The average Bonchev–Trinajstić information content (AvgIpc) is 2.76. The molecule has 32 heavy (non-hydrogen) atoms. The molecule has 0 radical (unpaired) electrons. The highest BCUT2D eigenvalue weighted by atomic mass is 32.2. The van der Waals surface area contributed by atoms with Gasteiger partial charge in [-0.2, -0.15) is 0 Å². The lowest BCUT2D eigenvalue weighted by atomic mass is 9.62. The Balaban J connectivity index is 1.79. The van der Waals surface area contributed by atoms with E-state index in [9.17, 15) is 13.5 Å². The molecule has 3 aromatic rings. The smallest absolute Gasteiger partial charge is 0.178 e. The van der Waals surface area contributed by atoms with Gasteiger partial charge in [-0.1, -0.05) is 71.0 Å². The van der Waals surface area contributed by atoms with E-state index in [0.717, 1.165) is 34.7 Å². The maximum atomic E-state index is 12.2. The summed E-state index contributed by atoms with van der Waals surface area (Å²) in [7, 11) is -3.25. The molecular weight excluding hydrogens is 416 g/mol. The van der Waals surface area contributed by atoms with Crippen molar-refractivity contribution < 1.29 is 13.5 Å². The average molecular weight is 451 g/mol. The normalized spacial score (nSPS) is 19.3. The quantitative estimate of drug-likeness (QED) is 0.512. The van der Waals surface area contributed by atoms with E-state index in [4.69, 9.17) is 0 Å². The summed E-state index contributed by atoms with van der Waals surface area (Å²) in [5.41, 5.74) is 3.42. The number of aliphatic hydroxyl groups is 1. The predicted octanol–water partition coefficient (Wildman–Crippen LogP) is 6.24. The molecule has 0 fully saturated rings. The van der Waals surface area contributed by atoms with E-state index in [1.807, 2.05) is 31.2 Å². The van der Waals surface area contributed by atoms with Crippen LogP contribution in [0.15, 0.2) is 59.5 Å². The van der Waals surface area contributed by atoms with Crippen LogP contribution in [-0.4, -0.2) is 19.3 Å². The van der Waals surface area contributed by atoms with Crippen molar-refractivity contribution in [3.8, 4) is 0 Å². The SMILES string of the molecule is CCS(=O)(=O)c1ccc2cc(C(C)(O)c3ccc4c(c3)C(C)(C)CCC4(C)C)ccc2c1. The number of hydrogen-bond donors (Lipinski definition) is 1. The standard InChI is InChI=1S/C28H34O3S/c1-7-32(30,31)23-12-9-19-16-21(10-8-20(19)17-23)28(6,29)22-11-13-24-25(18-22)27(4,5)15-14-26(24,2)3/h8-13,16-18,29H,7,14-15H2,1-6H3. The Morgan fingerprint density at radius 2 is 1.34 bits per heavy atom. The molecule has 0 heterocycles. The zero-order valence-corrected chi connectivity index (χ0v) is 20.8. The van der Waals surface area contributed by atoms with Crippen LogP contribution >= 0.6 is 0 Å². The summed E-state index contributed by atoms with van der Waals surface area (Å²) in [6.07, 6.45) is 2.28. The Hall–Kier alpha value is -2.17. The third kappa shape index (κ3) is 3.78. The van der Waals surface area contributed by atoms with Gasteiger partial charge in [0.2, 0.25) is 0 Å². The monoisotopic (exact) mass is 450 g/mol.